The molecule has 0 aliphatic heterocycles. The lowest BCUT2D eigenvalue weighted by Gasteiger charge is -2.12. The zero-order chi connectivity index (χ0) is 15.2. The number of hydrogen-bond acceptors (Lipinski definition) is 3. The van der Waals surface area contributed by atoms with Crippen molar-refractivity contribution in [1.29, 1.82) is 0 Å². The van der Waals surface area contributed by atoms with Gasteiger partial charge in [0.2, 0.25) is 0 Å². The van der Waals surface area contributed by atoms with Gasteiger partial charge in [-0.2, -0.15) is 0 Å². The molecule has 0 aliphatic carbocycles. The fourth-order valence-corrected chi connectivity index (χ4v) is 2.28. The van der Waals surface area contributed by atoms with E-state index in [2.05, 4.69) is 38.5 Å². The van der Waals surface area contributed by atoms with Crippen molar-refractivity contribution in [3.8, 4) is 0 Å². The summed E-state index contributed by atoms with van der Waals surface area (Å²) in [5.41, 5.74) is 1.85. The number of carbonyl (C=O) groups excluding carboxylic acids is 1. The van der Waals surface area contributed by atoms with E-state index in [0.29, 0.717) is 11.3 Å². The smallest absolute Gasteiger partial charge is 0.257 e. The molecule has 1 aromatic heterocycles. The normalized spacial score (nSPS) is 10.2. The summed E-state index contributed by atoms with van der Waals surface area (Å²) in [5, 5.41) is 6.27. The van der Waals surface area contributed by atoms with Crippen molar-refractivity contribution in [3.05, 3.63) is 51.7 Å². The van der Waals surface area contributed by atoms with Crippen LogP contribution in [0.4, 0.5) is 11.4 Å². The summed E-state index contributed by atoms with van der Waals surface area (Å²) in [5.74, 6) is -0.226. The summed E-state index contributed by atoms with van der Waals surface area (Å²) in [6.07, 6.45) is 2.56. The second-order valence-corrected chi connectivity index (χ2v) is 5.69. The van der Waals surface area contributed by atoms with Gasteiger partial charge in [0, 0.05) is 22.9 Å². The van der Waals surface area contributed by atoms with E-state index in [-0.39, 0.29) is 11.1 Å². The van der Waals surface area contributed by atoms with Crippen molar-refractivity contribution in [1.82, 2.24) is 4.98 Å². The summed E-state index contributed by atoms with van der Waals surface area (Å²) in [7, 11) is 0. The van der Waals surface area contributed by atoms with E-state index in [0.717, 1.165) is 23.1 Å². The molecular formula is C15H15BrClN3O. The average molecular weight is 369 g/mol. The number of aromatic nitrogens is 1. The molecule has 110 valence electrons. The van der Waals surface area contributed by atoms with Crippen LogP contribution in [-0.2, 0) is 0 Å². The van der Waals surface area contributed by atoms with Crippen LogP contribution in [0.25, 0.3) is 0 Å². The lowest BCUT2D eigenvalue weighted by Crippen LogP contribution is -2.15. The first kappa shape index (κ1) is 15.8. The first-order chi connectivity index (χ1) is 10.1. The van der Waals surface area contributed by atoms with Crippen molar-refractivity contribution in [2.24, 2.45) is 0 Å². The molecule has 2 N–H and O–H groups in total. The number of halogens is 2. The van der Waals surface area contributed by atoms with Crippen LogP contribution in [-0.4, -0.2) is 17.4 Å². The van der Waals surface area contributed by atoms with Gasteiger partial charge in [-0.25, -0.2) is 4.98 Å². The molecule has 0 fully saturated rings. The quantitative estimate of drug-likeness (QED) is 0.760. The highest BCUT2D eigenvalue weighted by molar-refractivity contribution is 9.10. The Labute approximate surface area is 137 Å². The van der Waals surface area contributed by atoms with E-state index in [1.54, 1.807) is 18.3 Å². The van der Waals surface area contributed by atoms with Gasteiger partial charge in [0.25, 0.3) is 5.91 Å². The molecule has 21 heavy (non-hydrogen) atoms. The lowest BCUT2D eigenvalue weighted by molar-refractivity contribution is 0.102. The van der Waals surface area contributed by atoms with Crippen molar-refractivity contribution < 1.29 is 4.79 Å². The van der Waals surface area contributed by atoms with Gasteiger partial charge in [0.05, 0.1) is 11.3 Å². The highest BCUT2D eigenvalue weighted by atomic mass is 79.9. The van der Waals surface area contributed by atoms with Gasteiger partial charge in [-0.3, -0.25) is 4.79 Å². The third kappa shape index (κ3) is 4.19. The molecule has 0 bridgehead atoms. The highest BCUT2D eigenvalue weighted by Gasteiger charge is 2.13. The van der Waals surface area contributed by atoms with Crippen LogP contribution >= 0.6 is 27.5 Å². The standard InChI is InChI=1S/C15H15BrClN3O/c1-2-7-18-12-6-4-3-5-11(12)15(21)20-13-8-10(16)9-19-14(13)17/h3-6,8-9,18H,2,7H2,1H3,(H,20,21). The molecular weight excluding hydrogens is 354 g/mol. The SMILES string of the molecule is CCCNc1ccccc1C(=O)Nc1cc(Br)cnc1Cl. The molecule has 0 spiro atoms. The Morgan fingerprint density at radius 1 is 1.33 bits per heavy atom. The summed E-state index contributed by atoms with van der Waals surface area (Å²) >= 11 is 9.30. The Balaban J connectivity index is 2.22. The number of benzene rings is 1. The highest BCUT2D eigenvalue weighted by Crippen LogP contribution is 2.24. The van der Waals surface area contributed by atoms with Crippen LogP contribution in [0.5, 0.6) is 0 Å². The fourth-order valence-electron chi connectivity index (χ4n) is 1.79. The number of nitrogens with zero attached hydrogens (tertiary/aromatic N) is 1. The molecule has 6 heteroatoms. The minimum absolute atomic E-state index is 0.226. The minimum Gasteiger partial charge on any atom is -0.384 e. The molecule has 1 heterocycles. The molecule has 0 saturated carbocycles. The Kier molecular flexibility index (Phi) is 5.59. The van der Waals surface area contributed by atoms with Crippen LogP contribution in [0.15, 0.2) is 41.0 Å². The van der Waals surface area contributed by atoms with E-state index in [4.69, 9.17) is 11.6 Å². The van der Waals surface area contributed by atoms with Gasteiger partial charge < -0.3 is 10.6 Å². The van der Waals surface area contributed by atoms with Crippen LogP contribution in [0.1, 0.15) is 23.7 Å². The average Bonchev–Trinajstić information content (AvgIpc) is 2.49. The maximum absolute atomic E-state index is 12.4. The Morgan fingerprint density at radius 2 is 2.10 bits per heavy atom. The largest absolute Gasteiger partial charge is 0.384 e. The molecule has 0 unspecified atom stereocenters. The molecule has 1 amide bonds. The third-order valence-corrected chi connectivity index (χ3v) is 3.53. The van der Waals surface area contributed by atoms with Gasteiger partial charge in [-0.1, -0.05) is 30.7 Å². The van der Waals surface area contributed by atoms with E-state index in [9.17, 15) is 4.79 Å². The van der Waals surface area contributed by atoms with Crippen LogP contribution in [0.3, 0.4) is 0 Å². The van der Waals surface area contributed by atoms with E-state index >= 15 is 0 Å². The number of para-hydroxylation sites is 1. The maximum Gasteiger partial charge on any atom is 0.257 e. The topological polar surface area (TPSA) is 54.0 Å². The molecule has 4 nitrogen and oxygen atoms in total. The molecule has 0 radical (unpaired) electrons. The summed E-state index contributed by atoms with van der Waals surface area (Å²) in [4.78, 5) is 16.4. The Bertz CT molecular complexity index is 649. The number of hydrogen-bond donors (Lipinski definition) is 2. The van der Waals surface area contributed by atoms with Gasteiger partial charge in [0.1, 0.15) is 0 Å². The number of carbonyl (C=O) groups is 1. The van der Waals surface area contributed by atoms with Crippen molar-refractivity contribution in [2.75, 3.05) is 17.2 Å². The minimum atomic E-state index is -0.226. The van der Waals surface area contributed by atoms with Gasteiger partial charge >= 0.3 is 0 Å². The molecule has 2 rings (SSSR count). The molecule has 0 aliphatic rings. The Hall–Kier alpha value is -1.59. The molecule has 1 aromatic carbocycles. The monoisotopic (exact) mass is 367 g/mol. The van der Waals surface area contributed by atoms with Crippen LogP contribution < -0.4 is 10.6 Å². The third-order valence-electron chi connectivity index (χ3n) is 2.79. The first-order valence-electron chi connectivity index (χ1n) is 6.57. The van der Waals surface area contributed by atoms with Crippen molar-refractivity contribution in [2.45, 2.75) is 13.3 Å². The van der Waals surface area contributed by atoms with E-state index < -0.39 is 0 Å². The van der Waals surface area contributed by atoms with E-state index in [1.807, 2.05) is 18.2 Å². The number of amides is 1. The summed E-state index contributed by atoms with van der Waals surface area (Å²) in [6.45, 7) is 2.88. The number of anilines is 2. The van der Waals surface area contributed by atoms with Crippen LogP contribution in [0, 0.1) is 0 Å². The van der Waals surface area contributed by atoms with Crippen molar-refractivity contribution in [3.63, 3.8) is 0 Å². The second kappa shape index (κ2) is 7.43. The lowest BCUT2D eigenvalue weighted by atomic mass is 10.1. The second-order valence-electron chi connectivity index (χ2n) is 4.42. The van der Waals surface area contributed by atoms with Crippen LogP contribution in [0.2, 0.25) is 5.15 Å². The fraction of sp³-hybridized carbons (Fsp3) is 0.200. The molecule has 0 atom stereocenters. The number of pyridine rings is 1. The van der Waals surface area contributed by atoms with Gasteiger partial charge in [-0.15, -0.1) is 0 Å². The predicted molar refractivity (Wildman–Crippen MR) is 90.1 cm³/mol. The van der Waals surface area contributed by atoms with E-state index in [1.165, 1.54) is 0 Å². The first-order valence-corrected chi connectivity index (χ1v) is 7.74. The maximum atomic E-state index is 12.4. The summed E-state index contributed by atoms with van der Waals surface area (Å²) in [6, 6.07) is 9.09. The number of nitrogens with one attached hydrogen (secondary N) is 2. The zero-order valence-corrected chi connectivity index (χ0v) is 13.8. The Morgan fingerprint density at radius 3 is 2.86 bits per heavy atom. The summed E-state index contributed by atoms with van der Waals surface area (Å²) < 4.78 is 0.750. The molecule has 2 aromatic rings. The van der Waals surface area contributed by atoms with Gasteiger partial charge in [0.15, 0.2) is 5.15 Å². The predicted octanol–water partition coefficient (Wildman–Crippen LogP) is 4.57. The van der Waals surface area contributed by atoms with Gasteiger partial charge in [-0.05, 0) is 40.5 Å². The zero-order valence-electron chi connectivity index (χ0n) is 11.5. The molecule has 0 saturated heterocycles. The van der Waals surface area contributed by atoms with Crippen molar-refractivity contribution >= 4 is 44.8 Å². The number of rotatable bonds is 5.